The van der Waals surface area contributed by atoms with Crippen LogP contribution < -0.4 is 4.74 Å². The minimum atomic E-state index is 0.520. The van der Waals surface area contributed by atoms with Crippen molar-refractivity contribution in [3.05, 3.63) is 45.4 Å². The average molecular weight is 328 g/mol. The van der Waals surface area contributed by atoms with Gasteiger partial charge in [0.1, 0.15) is 17.1 Å². The summed E-state index contributed by atoms with van der Waals surface area (Å²) < 4.78 is 5.18. The number of halogens is 3. The van der Waals surface area contributed by atoms with Crippen LogP contribution in [0.4, 0.5) is 0 Å². The molecule has 0 atom stereocenters. The number of H-pyrrole nitrogens is 1. The first-order chi connectivity index (χ1) is 9.58. The fourth-order valence-electron chi connectivity index (χ4n) is 1.98. The SMILES string of the molecule is COc1cc(Cl)c2nc(-c3ccc(Cl)cc3Cl)[nH]c2c1. The topological polar surface area (TPSA) is 37.9 Å². The minimum absolute atomic E-state index is 0.520. The van der Waals surface area contributed by atoms with Gasteiger partial charge in [0.15, 0.2) is 0 Å². The molecule has 0 bridgehead atoms. The van der Waals surface area contributed by atoms with Crippen molar-refractivity contribution < 1.29 is 4.74 Å². The van der Waals surface area contributed by atoms with Gasteiger partial charge in [0.2, 0.25) is 0 Å². The lowest BCUT2D eigenvalue weighted by Gasteiger charge is -2.00. The molecule has 0 aliphatic carbocycles. The van der Waals surface area contributed by atoms with Crippen molar-refractivity contribution >= 4 is 45.8 Å². The Labute approximate surface area is 130 Å². The Morgan fingerprint density at radius 2 is 1.85 bits per heavy atom. The maximum atomic E-state index is 6.19. The third-order valence-corrected chi connectivity index (χ3v) is 3.77. The molecule has 0 saturated carbocycles. The van der Waals surface area contributed by atoms with Crippen LogP contribution in [0, 0.1) is 0 Å². The van der Waals surface area contributed by atoms with Gasteiger partial charge in [-0.3, -0.25) is 0 Å². The van der Waals surface area contributed by atoms with Gasteiger partial charge in [-0.2, -0.15) is 0 Å². The molecule has 0 unspecified atom stereocenters. The molecule has 3 aromatic rings. The molecule has 3 rings (SSSR count). The number of rotatable bonds is 2. The van der Waals surface area contributed by atoms with E-state index in [0.717, 1.165) is 11.1 Å². The Hall–Kier alpha value is -1.42. The summed E-state index contributed by atoms with van der Waals surface area (Å²) in [6.07, 6.45) is 0. The number of methoxy groups -OCH3 is 1. The number of nitrogens with one attached hydrogen (secondary N) is 1. The van der Waals surface area contributed by atoms with Gasteiger partial charge in [-0.1, -0.05) is 34.8 Å². The summed E-state index contributed by atoms with van der Waals surface area (Å²) >= 11 is 18.3. The molecule has 0 aliphatic rings. The summed E-state index contributed by atoms with van der Waals surface area (Å²) in [4.78, 5) is 7.66. The summed E-state index contributed by atoms with van der Waals surface area (Å²) in [5.74, 6) is 1.30. The third-order valence-electron chi connectivity index (χ3n) is 2.94. The van der Waals surface area contributed by atoms with Crippen LogP contribution in [0.25, 0.3) is 22.4 Å². The van der Waals surface area contributed by atoms with E-state index in [0.29, 0.717) is 32.2 Å². The van der Waals surface area contributed by atoms with Crippen LogP contribution in [0.1, 0.15) is 0 Å². The number of nitrogens with zero attached hydrogens (tertiary/aromatic N) is 1. The lowest BCUT2D eigenvalue weighted by atomic mass is 10.2. The third kappa shape index (κ3) is 2.33. The molecule has 20 heavy (non-hydrogen) atoms. The normalized spacial score (nSPS) is 11.0. The zero-order valence-corrected chi connectivity index (χ0v) is 12.6. The predicted octanol–water partition coefficient (Wildman–Crippen LogP) is 5.20. The van der Waals surface area contributed by atoms with Gasteiger partial charge < -0.3 is 9.72 Å². The molecule has 6 heteroatoms. The zero-order valence-electron chi connectivity index (χ0n) is 10.4. The molecule has 0 amide bonds. The smallest absolute Gasteiger partial charge is 0.140 e. The summed E-state index contributed by atoms with van der Waals surface area (Å²) in [7, 11) is 1.59. The second-order valence-corrected chi connectivity index (χ2v) is 5.47. The highest BCUT2D eigenvalue weighted by molar-refractivity contribution is 6.36. The number of hydrogen-bond acceptors (Lipinski definition) is 2. The van der Waals surface area contributed by atoms with Crippen LogP contribution in [0.15, 0.2) is 30.3 Å². The number of aromatic amines is 1. The van der Waals surface area contributed by atoms with Crippen molar-refractivity contribution in [2.24, 2.45) is 0 Å². The first-order valence-electron chi connectivity index (χ1n) is 5.77. The van der Waals surface area contributed by atoms with Crippen molar-refractivity contribution in [1.82, 2.24) is 9.97 Å². The van der Waals surface area contributed by atoms with Gasteiger partial charge in [-0.05, 0) is 18.2 Å². The highest BCUT2D eigenvalue weighted by atomic mass is 35.5. The van der Waals surface area contributed by atoms with Gasteiger partial charge in [0.05, 0.1) is 22.7 Å². The second-order valence-electron chi connectivity index (χ2n) is 4.21. The Morgan fingerprint density at radius 1 is 1.05 bits per heavy atom. The van der Waals surface area contributed by atoms with Crippen LogP contribution in [-0.2, 0) is 0 Å². The van der Waals surface area contributed by atoms with Crippen LogP contribution in [0.3, 0.4) is 0 Å². The maximum absolute atomic E-state index is 6.19. The molecule has 1 N–H and O–H groups in total. The van der Waals surface area contributed by atoms with Gasteiger partial charge >= 0.3 is 0 Å². The Morgan fingerprint density at radius 3 is 2.55 bits per heavy atom. The lowest BCUT2D eigenvalue weighted by molar-refractivity contribution is 0.415. The summed E-state index contributed by atoms with van der Waals surface area (Å²) in [5.41, 5.74) is 2.23. The molecule has 0 aliphatic heterocycles. The molecule has 0 radical (unpaired) electrons. The highest BCUT2D eigenvalue weighted by Gasteiger charge is 2.12. The van der Waals surface area contributed by atoms with Crippen LogP contribution in [0.2, 0.25) is 15.1 Å². The molecule has 0 spiro atoms. The quantitative estimate of drug-likeness (QED) is 0.702. The molecule has 102 valence electrons. The standard InChI is InChI=1S/C14H9Cl3N2O/c1-20-8-5-11(17)13-12(6-8)18-14(19-13)9-3-2-7(15)4-10(9)16/h2-6H,1H3,(H,18,19). The van der Waals surface area contributed by atoms with E-state index >= 15 is 0 Å². The number of benzene rings is 2. The molecule has 0 fully saturated rings. The van der Waals surface area contributed by atoms with Crippen molar-refractivity contribution in [2.45, 2.75) is 0 Å². The monoisotopic (exact) mass is 326 g/mol. The molecule has 3 nitrogen and oxygen atoms in total. The molecule has 1 aromatic heterocycles. The molecular formula is C14H9Cl3N2O. The first kappa shape index (κ1) is 13.6. The number of ether oxygens (including phenoxy) is 1. The van der Waals surface area contributed by atoms with E-state index in [1.54, 1.807) is 25.3 Å². The van der Waals surface area contributed by atoms with E-state index in [2.05, 4.69) is 9.97 Å². The van der Waals surface area contributed by atoms with E-state index in [9.17, 15) is 0 Å². The van der Waals surface area contributed by atoms with Crippen LogP contribution in [0.5, 0.6) is 5.75 Å². The zero-order chi connectivity index (χ0) is 14.3. The summed E-state index contributed by atoms with van der Waals surface area (Å²) in [6, 6.07) is 8.80. The molecule has 2 aromatic carbocycles. The summed E-state index contributed by atoms with van der Waals surface area (Å²) in [6.45, 7) is 0. The van der Waals surface area contributed by atoms with Gasteiger partial charge in [-0.15, -0.1) is 0 Å². The molecular weight excluding hydrogens is 319 g/mol. The molecule has 0 saturated heterocycles. The first-order valence-corrected chi connectivity index (χ1v) is 6.90. The lowest BCUT2D eigenvalue weighted by Crippen LogP contribution is -1.82. The minimum Gasteiger partial charge on any atom is -0.497 e. The van der Waals surface area contributed by atoms with Crippen molar-refractivity contribution in [3.63, 3.8) is 0 Å². The van der Waals surface area contributed by atoms with Gasteiger partial charge in [-0.25, -0.2) is 4.98 Å². The van der Waals surface area contributed by atoms with Gasteiger partial charge in [0.25, 0.3) is 0 Å². The predicted molar refractivity (Wildman–Crippen MR) is 83.1 cm³/mol. The fraction of sp³-hybridized carbons (Fsp3) is 0.0714. The van der Waals surface area contributed by atoms with Crippen LogP contribution >= 0.6 is 34.8 Å². The van der Waals surface area contributed by atoms with Crippen molar-refractivity contribution in [2.75, 3.05) is 7.11 Å². The Bertz CT molecular complexity index is 798. The largest absolute Gasteiger partial charge is 0.497 e. The van der Waals surface area contributed by atoms with Gasteiger partial charge in [0, 0.05) is 22.7 Å². The Balaban J connectivity index is 2.20. The average Bonchev–Trinajstić information content (AvgIpc) is 2.82. The van der Waals surface area contributed by atoms with E-state index in [4.69, 9.17) is 39.5 Å². The molecule has 1 heterocycles. The van der Waals surface area contributed by atoms with E-state index in [-0.39, 0.29) is 0 Å². The van der Waals surface area contributed by atoms with Crippen LogP contribution in [-0.4, -0.2) is 17.1 Å². The second kappa shape index (κ2) is 5.17. The van der Waals surface area contributed by atoms with Crippen molar-refractivity contribution in [3.8, 4) is 17.1 Å². The number of hydrogen-bond donors (Lipinski definition) is 1. The number of aromatic nitrogens is 2. The number of imidazole rings is 1. The fourth-order valence-corrected chi connectivity index (χ4v) is 2.73. The van der Waals surface area contributed by atoms with E-state index < -0.39 is 0 Å². The maximum Gasteiger partial charge on any atom is 0.140 e. The summed E-state index contributed by atoms with van der Waals surface area (Å²) in [5, 5.41) is 1.63. The highest BCUT2D eigenvalue weighted by Crippen LogP contribution is 2.33. The van der Waals surface area contributed by atoms with Crippen molar-refractivity contribution in [1.29, 1.82) is 0 Å². The number of fused-ring (bicyclic) bond motifs is 1. The Kier molecular flexibility index (Phi) is 3.50. The van der Waals surface area contributed by atoms with E-state index in [1.165, 1.54) is 0 Å². The van der Waals surface area contributed by atoms with E-state index in [1.807, 2.05) is 12.1 Å².